The molecule has 0 saturated heterocycles. The minimum absolute atomic E-state index is 0.0179. The number of benzene rings is 3. The molecule has 0 bridgehead atoms. The smallest absolute Gasteiger partial charge is 0.167 e. The van der Waals surface area contributed by atoms with E-state index < -0.39 is 0 Å². The average molecular weight is 314 g/mol. The second-order valence-electron chi connectivity index (χ2n) is 5.55. The summed E-state index contributed by atoms with van der Waals surface area (Å²) in [7, 11) is 0. The SMILES string of the molecule is O=C(/C=C\c1ccccc1O)C(c1ccccc1)c1ccccc1. The van der Waals surface area contributed by atoms with Gasteiger partial charge in [0.25, 0.3) is 0 Å². The van der Waals surface area contributed by atoms with Gasteiger partial charge in [-0.15, -0.1) is 0 Å². The lowest BCUT2D eigenvalue weighted by Gasteiger charge is -2.15. The number of aromatic hydroxyl groups is 1. The molecule has 1 N–H and O–H groups in total. The summed E-state index contributed by atoms with van der Waals surface area (Å²) in [6.07, 6.45) is 3.20. The van der Waals surface area contributed by atoms with Crippen molar-refractivity contribution in [3.8, 4) is 5.75 Å². The largest absolute Gasteiger partial charge is 0.507 e. The van der Waals surface area contributed by atoms with Crippen LogP contribution < -0.4 is 0 Å². The monoisotopic (exact) mass is 314 g/mol. The number of ketones is 1. The van der Waals surface area contributed by atoms with Gasteiger partial charge in [-0.2, -0.15) is 0 Å². The quantitative estimate of drug-likeness (QED) is 0.686. The van der Waals surface area contributed by atoms with Crippen molar-refractivity contribution in [2.45, 2.75) is 5.92 Å². The zero-order valence-corrected chi connectivity index (χ0v) is 13.2. The number of carbonyl (C=O) groups is 1. The zero-order chi connectivity index (χ0) is 16.8. The third-order valence-corrected chi connectivity index (χ3v) is 3.91. The van der Waals surface area contributed by atoms with E-state index in [4.69, 9.17) is 0 Å². The van der Waals surface area contributed by atoms with Crippen molar-refractivity contribution in [1.82, 2.24) is 0 Å². The van der Waals surface area contributed by atoms with Crippen molar-refractivity contribution < 1.29 is 9.90 Å². The second kappa shape index (κ2) is 7.42. The van der Waals surface area contributed by atoms with E-state index in [0.29, 0.717) is 5.56 Å². The molecule has 0 spiro atoms. The van der Waals surface area contributed by atoms with E-state index in [1.165, 1.54) is 0 Å². The van der Waals surface area contributed by atoms with Crippen LogP contribution in [0.1, 0.15) is 22.6 Å². The molecule has 3 aromatic carbocycles. The maximum atomic E-state index is 12.9. The predicted molar refractivity (Wildman–Crippen MR) is 96.9 cm³/mol. The first-order chi connectivity index (χ1) is 11.8. The van der Waals surface area contributed by atoms with E-state index in [1.807, 2.05) is 66.7 Å². The Morgan fingerprint density at radius 3 is 1.79 bits per heavy atom. The van der Waals surface area contributed by atoms with Gasteiger partial charge in [-0.1, -0.05) is 78.9 Å². The summed E-state index contributed by atoms with van der Waals surface area (Å²) in [5, 5.41) is 9.83. The molecule has 0 saturated carbocycles. The topological polar surface area (TPSA) is 37.3 Å². The third kappa shape index (κ3) is 3.61. The lowest BCUT2D eigenvalue weighted by molar-refractivity contribution is -0.115. The van der Waals surface area contributed by atoms with E-state index in [9.17, 15) is 9.90 Å². The summed E-state index contributed by atoms with van der Waals surface area (Å²) >= 11 is 0. The van der Waals surface area contributed by atoms with Crippen LogP contribution in [0.3, 0.4) is 0 Å². The molecule has 0 aromatic heterocycles. The molecule has 0 aliphatic carbocycles. The van der Waals surface area contributed by atoms with E-state index >= 15 is 0 Å². The Balaban J connectivity index is 1.94. The predicted octanol–water partition coefficient (Wildman–Crippen LogP) is 4.81. The van der Waals surface area contributed by atoms with Gasteiger partial charge in [0.15, 0.2) is 5.78 Å². The van der Waals surface area contributed by atoms with Crippen LogP contribution >= 0.6 is 0 Å². The average Bonchev–Trinajstić information content (AvgIpc) is 2.63. The maximum Gasteiger partial charge on any atom is 0.167 e. The second-order valence-corrected chi connectivity index (χ2v) is 5.55. The minimum atomic E-state index is -0.352. The molecule has 0 fully saturated rings. The van der Waals surface area contributed by atoms with Crippen LogP contribution in [-0.4, -0.2) is 10.9 Å². The fourth-order valence-electron chi connectivity index (χ4n) is 2.71. The van der Waals surface area contributed by atoms with Gasteiger partial charge in [0.1, 0.15) is 5.75 Å². The Labute approximate surface area is 141 Å². The van der Waals surface area contributed by atoms with Crippen molar-refractivity contribution in [2.24, 2.45) is 0 Å². The van der Waals surface area contributed by atoms with E-state index in [0.717, 1.165) is 11.1 Å². The van der Waals surface area contributed by atoms with Crippen LogP contribution in [0.5, 0.6) is 5.75 Å². The number of carbonyl (C=O) groups excluding carboxylic acids is 1. The Hall–Kier alpha value is -3.13. The molecule has 0 radical (unpaired) electrons. The summed E-state index contributed by atoms with van der Waals surface area (Å²) in [5.74, 6) is -0.206. The highest BCUT2D eigenvalue weighted by molar-refractivity contribution is 6.00. The Kier molecular flexibility index (Phi) is 4.87. The molecule has 118 valence electrons. The van der Waals surface area contributed by atoms with Crippen molar-refractivity contribution in [2.75, 3.05) is 0 Å². The third-order valence-electron chi connectivity index (χ3n) is 3.91. The molecule has 24 heavy (non-hydrogen) atoms. The number of para-hydroxylation sites is 1. The Morgan fingerprint density at radius 2 is 1.25 bits per heavy atom. The molecule has 2 nitrogen and oxygen atoms in total. The molecular weight excluding hydrogens is 296 g/mol. The highest BCUT2D eigenvalue weighted by Crippen LogP contribution is 2.27. The molecule has 0 unspecified atom stereocenters. The molecule has 3 aromatic rings. The highest BCUT2D eigenvalue weighted by Gasteiger charge is 2.20. The number of hydrogen-bond acceptors (Lipinski definition) is 2. The van der Waals surface area contributed by atoms with E-state index in [2.05, 4.69) is 0 Å². The summed E-state index contributed by atoms with van der Waals surface area (Å²) in [6.45, 7) is 0. The van der Waals surface area contributed by atoms with Crippen molar-refractivity contribution in [3.05, 3.63) is 108 Å². The fraction of sp³-hybridized carbons (Fsp3) is 0.0455. The molecule has 0 aliphatic rings. The number of rotatable bonds is 5. The molecule has 0 heterocycles. The van der Waals surface area contributed by atoms with E-state index in [-0.39, 0.29) is 17.5 Å². The van der Waals surface area contributed by atoms with E-state index in [1.54, 1.807) is 30.4 Å². The summed E-state index contributed by atoms with van der Waals surface area (Å²) in [6, 6.07) is 26.4. The Bertz CT molecular complexity index is 797. The maximum absolute atomic E-state index is 12.9. The van der Waals surface area contributed by atoms with Gasteiger partial charge in [0, 0.05) is 5.56 Å². The first-order valence-corrected chi connectivity index (χ1v) is 7.85. The van der Waals surface area contributed by atoms with Crippen molar-refractivity contribution in [3.63, 3.8) is 0 Å². The number of phenolic OH excluding ortho intramolecular Hbond substituents is 1. The Morgan fingerprint density at radius 1 is 0.750 bits per heavy atom. The fourth-order valence-corrected chi connectivity index (χ4v) is 2.71. The van der Waals surface area contributed by atoms with Crippen LogP contribution in [0.25, 0.3) is 6.08 Å². The number of allylic oxidation sites excluding steroid dienone is 1. The molecular formula is C22H18O2. The molecule has 0 atom stereocenters. The normalized spacial score (nSPS) is 11.0. The summed E-state index contributed by atoms with van der Waals surface area (Å²) in [5.41, 5.74) is 2.54. The number of phenols is 1. The van der Waals surface area contributed by atoms with Crippen LogP contribution in [-0.2, 0) is 4.79 Å². The van der Waals surface area contributed by atoms with Crippen molar-refractivity contribution in [1.29, 1.82) is 0 Å². The van der Waals surface area contributed by atoms with Crippen LogP contribution in [0, 0.1) is 0 Å². The minimum Gasteiger partial charge on any atom is -0.507 e. The standard InChI is InChI=1S/C22H18O2/c23-20-14-8-7-9-17(20)15-16-21(24)22(18-10-3-1-4-11-18)19-12-5-2-6-13-19/h1-16,22-23H/b16-15-. The van der Waals surface area contributed by atoms with Crippen LogP contribution in [0.2, 0.25) is 0 Å². The van der Waals surface area contributed by atoms with Gasteiger partial charge in [-0.3, -0.25) is 4.79 Å². The van der Waals surface area contributed by atoms with Gasteiger partial charge in [0.2, 0.25) is 0 Å². The highest BCUT2D eigenvalue weighted by atomic mass is 16.3. The van der Waals surface area contributed by atoms with Gasteiger partial charge in [-0.25, -0.2) is 0 Å². The van der Waals surface area contributed by atoms with Gasteiger partial charge in [-0.05, 0) is 29.3 Å². The van der Waals surface area contributed by atoms with Crippen LogP contribution in [0.4, 0.5) is 0 Å². The molecule has 2 heteroatoms. The number of hydrogen-bond donors (Lipinski definition) is 1. The zero-order valence-electron chi connectivity index (χ0n) is 13.2. The molecule has 0 amide bonds. The van der Waals surface area contributed by atoms with Crippen LogP contribution in [0.15, 0.2) is 91.0 Å². The van der Waals surface area contributed by atoms with Gasteiger partial charge < -0.3 is 5.11 Å². The summed E-state index contributed by atoms with van der Waals surface area (Å²) in [4.78, 5) is 12.9. The summed E-state index contributed by atoms with van der Waals surface area (Å²) < 4.78 is 0. The first kappa shape index (κ1) is 15.8. The van der Waals surface area contributed by atoms with Crippen molar-refractivity contribution >= 4 is 11.9 Å². The van der Waals surface area contributed by atoms with Gasteiger partial charge in [0.05, 0.1) is 5.92 Å². The molecule has 0 aliphatic heterocycles. The van der Waals surface area contributed by atoms with Gasteiger partial charge >= 0.3 is 0 Å². The lowest BCUT2D eigenvalue weighted by Crippen LogP contribution is -2.11. The molecule has 3 rings (SSSR count). The first-order valence-electron chi connectivity index (χ1n) is 7.85. The lowest BCUT2D eigenvalue weighted by atomic mass is 9.87.